The van der Waals surface area contributed by atoms with E-state index < -0.39 is 12.1 Å². The minimum atomic E-state index is -4.05. The Bertz CT molecular complexity index is 111. The van der Waals surface area contributed by atoms with Crippen LogP contribution in [0, 0.1) is 12.3 Å². The number of halogens is 3. The van der Waals surface area contributed by atoms with Crippen molar-refractivity contribution in [3.05, 3.63) is 18.6 Å². The highest BCUT2D eigenvalue weighted by Crippen LogP contribution is 2.34. The lowest BCUT2D eigenvalue weighted by Crippen LogP contribution is -2.24. The Kier molecular flexibility index (Phi) is 1.06. The van der Waals surface area contributed by atoms with Gasteiger partial charge in [-0.05, 0) is 6.42 Å². The largest absolute Gasteiger partial charge is 0.395 e. The summed E-state index contributed by atoms with van der Waals surface area (Å²) in [6, 6.07) is 0. The quantitative estimate of drug-likeness (QED) is 0.459. The van der Waals surface area contributed by atoms with Gasteiger partial charge in [-0.15, -0.1) is 0 Å². The molecular weight excluding hydrogens is 117 g/mol. The van der Waals surface area contributed by atoms with Crippen LogP contribution < -0.4 is 0 Å². The summed E-state index contributed by atoms with van der Waals surface area (Å²) in [5, 5.41) is 0. The molecule has 0 aliphatic heterocycles. The molecule has 0 N–H and O–H groups in total. The summed E-state index contributed by atoms with van der Waals surface area (Å²) < 4.78 is 34.3. The number of hydrogen-bond acceptors (Lipinski definition) is 0. The van der Waals surface area contributed by atoms with Crippen molar-refractivity contribution < 1.29 is 13.2 Å². The first kappa shape index (κ1) is 5.66. The first-order valence-electron chi connectivity index (χ1n) is 2.19. The molecule has 8 heavy (non-hydrogen) atoms. The second-order valence-electron chi connectivity index (χ2n) is 1.64. The summed E-state index contributed by atoms with van der Waals surface area (Å²) in [5.41, 5.74) is 0. The second-order valence-corrected chi connectivity index (χ2v) is 1.64. The molecule has 0 nitrogen and oxygen atoms in total. The fraction of sp³-hybridized carbons (Fsp3) is 0.400. The SMILES string of the molecule is FC(F)(F)C1[CH]C=C1. The van der Waals surface area contributed by atoms with E-state index in [4.69, 9.17) is 0 Å². The highest BCUT2D eigenvalue weighted by atomic mass is 19.4. The Labute approximate surface area is 45.0 Å². The van der Waals surface area contributed by atoms with E-state index in [1.807, 2.05) is 0 Å². The fourth-order valence-electron chi connectivity index (χ4n) is 0.440. The van der Waals surface area contributed by atoms with Gasteiger partial charge in [-0.25, -0.2) is 0 Å². The third kappa shape index (κ3) is 0.854. The predicted molar refractivity (Wildman–Crippen MR) is 23.0 cm³/mol. The summed E-state index contributed by atoms with van der Waals surface area (Å²) in [5.74, 6) is -1.28. The molecule has 0 aromatic rings. The van der Waals surface area contributed by atoms with Gasteiger partial charge in [0.25, 0.3) is 0 Å². The predicted octanol–water partition coefficient (Wildman–Crippen LogP) is 1.94. The van der Waals surface area contributed by atoms with E-state index >= 15 is 0 Å². The Balaban J connectivity index is 2.48. The summed E-state index contributed by atoms with van der Waals surface area (Å²) >= 11 is 0. The highest BCUT2D eigenvalue weighted by Gasteiger charge is 2.39. The van der Waals surface area contributed by atoms with Crippen LogP contribution in [-0.2, 0) is 0 Å². The molecule has 1 radical (unpaired) electrons. The molecule has 0 amide bonds. The highest BCUT2D eigenvalue weighted by molar-refractivity contribution is 5.18. The maximum Gasteiger partial charge on any atom is 0.395 e. The van der Waals surface area contributed by atoms with Crippen molar-refractivity contribution in [1.29, 1.82) is 0 Å². The molecule has 3 heteroatoms. The van der Waals surface area contributed by atoms with E-state index in [1.54, 1.807) is 0 Å². The van der Waals surface area contributed by atoms with E-state index in [0.29, 0.717) is 0 Å². The van der Waals surface area contributed by atoms with Gasteiger partial charge in [0.1, 0.15) is 0 Å². The molecule has 0 saturated carbocycles. The van der Waals surface area contributed by atoms with Gasteiger partial charge in [0.15, 0.2) is 0 Å². The standard InChI is InChI=1S/C5H4F3/c6-5(7,8)4-2-1-3-4/h1-4H. The van der Waals surface area contributed by atoms with Gasteiger partial charge >= 0.3 is 6.18 Å². The van der Waals surface area contributed by atoms with Crippen molar-refractivity contribution in [2.24, 2.45) is 5.92 Å². The molecule has 1 aliphatic rings. The van der Waals surface area contributed by atoms with Crippen molar-refractivity contribution in [2.75, 3.05) is 0 Å². The zero-order valence-corrected chi connectivity index (χ0v) is 3.94. The molecule has 1 rings (SSSR count). The first-order valence-corrected chi connectivity index (χ1v) is 2.19. The molecule has 0 fully saturated rings. The number of hydrogen-bond donors (Lipinski definition) is 0. The van der Waals surface area contributed by atoms with Crippen LogP contribution in [0.2, 0.25) is 0 Å². The van der Waals surface area contributed by atoms with Crippen molar-refractivity contribution in [1.82, 2.24) is 0 Å². The van der Waals surface area contributed by atoms with Gasteiger partial charge in [0, 0.05) is 0 Å². The lowest BCUT2D eigenvalue weighted by atomic mass is 9.95. The minimum absolute atomic E-state index is 1.12. The van der Waals surface area contributed by atoms with E-state index in [2.05, 4.69) is 0 Å². The van der Waals surface area contributed by atoms with E-state index in [9.17, 15) is 13.2 Å². The maximum atomic E-state index is 11.4. The van der Waals surface area contributed by atoms with Gasteiger partial charge in [-0.1, -0.05) is 12.2 Å². The van der Waals surface area contributed by atoms with Crippen molar-refractivity contribution in [3.8, 4) is 0 Å². The molecule has 0 aromatic carbocycles. The van der Waals surface area contributed by atoms with E-state index in [1.165, 1.54) is 6.08 Å². The van der Waals surface area contributed by atoms with E-state index in [-0.39, 0.29) is 0 Å². The smallest absolute Gasteiger partial charge is 0.170 e. The van der Waals surface area contributed by atoms with Crippen LogP contribution in [0.5, 0.6) is 0 Å². The zero-order valence-electron chi connectivity index (χ0n) is 3.94. The zero-order chi connectivity index (χ0) is 6.20. The molecule has 1 atom stereocenters. The molecule has 1 aliphatic carbocycles. The van der Waals surface area contributed by atoms with Gasteiger partial charge < -0.3 is 0 Å². The van der Waals surface area contributed by atoms with Crippen LogP contribution in [0.15, 0.2) is 12.2 Å². The van der Waals surface area contributed by atoms with Gasteiger partial charge in [-0.3, -0.25) is 0 Å². The Hall–Kier alpha value is -0.470. The van der Waals surface area contributed by atoms with Crippen LogP contribution >= 0.6 is 0 Å². The minimum Gasteiger partial charge on any atom is -0.170 e. The first-order chi connectivity index (χ1) is 3.61. The number of alkyl halides is 3. The van der Waals surface area contributed by atoms with E-state index in [0.717, 1.165) is 12.5 Å². The molecule has 0 saturated heterocycles. The van der Waals surface area contributed by atoms with Crippen molar-refractivity contribution >= 4 is 0 Å². The fourth-order valence-corrected chi connectivity index (χ4v) is 0.440. The van der Waals surface area contributed by atoms with Gasteiger partial charge in [-0.2, -0.15) is 13.2 Å². The summed E-state index contributed by atoms with van der Waals surface area (Å²) in [6.07, 6.45) is -0.396. The number of rotatable bonds is 0. The summed E-state index contributed by atoms with van der Waals surface area (Å²) in [7, 11) is 0. The normalized spacial score (nSPS) is 27.6. The van der Waals surface area contributed by atoms with Crippen LogP contribution in [0.25, 0.3) is 0 Å². The third-order valence-electron chi connectivity index (χ3n) is 1.01. The monoisotopic (exact) mass is 121 g/mol. The molecular formula is C5H4F3. The Morgan fingerprint density at radius 2 is 1.75 bits per heavy atom. The third-order valence-corrected chi connectivity index (χ3v) is 1.01. The average Bonchev–Trinajstić information content (AvgIpc) is 1.16. The number of allylic oxidation sites excluding steroid dienone is 2. The second kappa shape index (κ2) is 1.50. The molecule has 45 valence electrons. The van der Waals surface area contributed by atoms with Crippen molar-refractivity contribution in [2.45, 2.75) is 6.18 Å². The van der Waals surface area contributed by atoms with Crippen LogP contribution in [0.3, 0.4) is 0 Å². The molecule has 0 bridgehead atoms. The molecule has 0 aromatic heterocycles. The summed E-state index contributed by atoms with van der Waals surface area (Å²) in [6.45, 7) is 0. The van der Waals surface area contributed by atoms with Crippen molar-refractivity contribution in [3.63, 3.8) is 0 Å². The average molecular weight is 121 g/mol. The molecule has 1 unspecified atom stereocenters. The van der Waals surface area contributed by atoms with Gasteiger partial charge in [0.2, 0.25) is 0 Å². The Morgan fingerprint density at radius 1 is 1.25 bits per heavy atom. The van der Waals surface area contributed by atoms with Crippen LogP contribution in [0.4, 0.5) is 13.2 Å². The van der Waals surface area contributed by atoms with Crippen LogP contribution in [0.1, 0.15) is 0 Å². The van der Waals surface area contributed by atoms with Gasteiger partial charge in [0.05, 0.1) is 5.92 Å². The topological polar surface area (TPSA) is 0 Å². The van der Waals surface area contributed by atoms with Crippen LogP contribution in [-0.4, -0.2) is 6.18 Å². The summed E-state index contributed by atoms with van der Waals surface area (Å²) in [4.78, 5) is 0. The molecule has 0 spiro atoms. The lowest BCUT2D eigenvalue weighted by molar-refractivity contribution is -0.154. The lowest BCUT2D eigenvalue weighted by Gasteiger charge is -2.19. The molecule has 0 heterocycles. The Morgan fingerprint density at radius 3 is 1.75 bits per heavy atom. The maximum absolute atomic E-state index is 11.4.